The van der Waals surface area contributed by atoms with Crippen molar-refractivity contribution in [2.24, 2.45) is 0 Å². The van der Waals surface area contributed by atoms with Crippen LogP contribution in [0.4, 0.5) is 0 Å². The Balaban J connectivity index is 1.84. The molecule has 1 aliphatic rings. The smallest absolute Gasteiger partial charge is 0.276 e. The van der Waals surface area contributed by atoms with E-state index in [2.05, 4.69) is 5.16 Å². The van der Waals surface area contributed by atoms with Gasteiger partial charge in [-0.2, -0.15) is 0 Å². The Hall–Kier alpha value is -1.40. The molecule has 0 aliphatic carbocycles. The molecule has 1 saturated heterocycles. The van der Waals surface area contributed by atoms with Crippen LogP contribution >= 0.6 is 0 Å². The van der Waals surface area contributed by atoms with Crippen molar-refractivity contribution < 1.29 is 19.2 Å². The summed E-state index contributed by atoms with van der Waals surface area (Å²) in [6, 6.07) is 1.65. The number of rotatable bonds is 4. The molecule has 0 aromatic carbocycles. The fraction of sp³-hybridized carbons (Fsp3) is 0.667. The van der Waals surface area contributed by atoms with Crippen LogP contribution in [0.1, 0.15) is 29.1 Å². The Morgan fingerprint density at radius 2 is 2.33 bits per heavy atom. The topological polar surface area (TPSA) is 75.8 Å². The average Bonchev–Trinajstić information content (AvgIpc) is 2.83. The molecule has 1 aliphatic heterocycles. The number of amides is 1. The summed E-state index contributed by atoms with van der Waals surface area (Å²) in [6.07, 6.45) is 1.73. The molecule has 0 bridgehead atoms. The summed E-state index contributed by atoms with van der Waals surface area (Å²) in [6.45, 7) is 3.47. The van der Waals surface area contributed by atoms with Crippen LogP contribution in [-0.4, -0.2) is 53.5 Å². The third-order valence-corrected chi connectivity index (χ3v) is 3.02. The number of aryl methyl sites for hydroxylation is 1. The summed E-state index contributed by atoms with van der Waals surface area (Å²) in [5.74, 6) is 0.548. The first kappa shape index (κ1) is 13.0. The van der Waals surface area contributed by atoms with E-state index in [1.807, 2.05) is 0 Å². The summed E-state index contributed by atoms with van der Waals surface area (Å²) in [5, 5.41) is 12.4. The number of carbonyl (C=O) groups is 1. The highest BCUT2D eigenvalue weighted by Gasteiger charge is 2.25. The predicted molar refractivity (Wildman–Crippen MR) is 63.2 cm³/mol. The molecule has 0 unspecified atom stereocenters. The number of likely N-dealkylation sites (tertiary alicyclic amines) is 1. The summed E-state index contributed by atoms with van der Waals surface area (Å²) >= 11 is 0. The Morgan fingerprint density at radius 1 is 1.61 bits per heavy atom. The van der Waals surface area contributed by atoms with Crippen molar-refractivity contribution in [3.8, 4) is 0 Å². The zero-order valence-electron chi connectivity index (χ0n) is 10.5. The first-order valence-corrected chi connectivity index (χ1v) is 6.15. The average molecular weight is 254 g/mol. The highest BCUT2D eigenvalue weighted by molar-refractivity contribution is 5.92. The molecular formula is C12H18N2O4. The van der Waals surface area contributed by atoms with Crippen molar-refractivity contribution >= 4 is 5.91 Å². The SMILES string of the molecule is Cc1cc(C(=O)N2CCC(OCCO)CC2)no1. The monoisotopic (exact) mass is 254 g/mol. The molecule has 6 nitrogen and oxygen atoms in total. The molecule has 0 radical (unpaired) electrons. The van der Waals surface area contributed by atoms with Gasteiger partial charge in [0.15, 0.2) is 5.69 Å². The highest BCUT2D eigenvalue weighted by Crippen LogP contribution is 2.16. The first-order chi connectivity index (χ1) is 8.70. The molecular weight excluding hydrogens is 236 g/mol. The second-order valence-corrected chi connectivity index (χ2v) is 4.41. The maximum Gasteiger partial charge on any atom is 0.276 e. The van der Waals surface area contributed by atoms with Gasteiger partial charge in [0.1, 0.15) is 5.76 Å². The molecule has 100 valence electrons. The normalized spacial score (nSPS) is 17.1. The van der Waals surface area contributed by atoms with E-state index in [9.17, 15) is 4.79 Å². The predicted octanol–water partition coefficient (Wildman–Crippen LogP) is 0.597. The molecule has 1 fully saturated rings. The fourth-order valence-electron chi connectivity index (χ4n) is 2.07. The van der Waals surface area contributed by atoms with Gasteiger partial charge in [-0.25, -0.2) is 0 Å². The van der Waals surface area contributed by atoms with Gasteiger partial charge in [-0.3, -0.25) is 4.79 Å². The summed E-state index contributed by atoms with van der Waals surface area (Å²) in [7, 11) is 0. The van der Waals surface area contributed by atoms with E-state index in [1.54, 1.807) is 17.9 Å². The van der Waals surface area contributed by atoms with Gasteiger partial charge in [0.05, 0.1) is 19.3 Å². The lowest BCUT2D eigenvalue weighted by Crippen LogP contribution is -2.41. The minimum absolute atomic E-state index is 0.0390. The second-order valence-electron chi connectivity index (χ2n) is 4.41. The quantitative estimate of drug-likeness (QED) is 0.851. The fourth-order valence-corrected chi connectivity index (χ4v) is 2.07. The van der Waals surface area contributed by atoms with Crippen LogP contribution in [0.25, 0.3) is 0 Å². The van der Waals surface area contributed by atoms with Gasteiger partial charge < -0.3 is 19.3 Å². The van der Waals surface area contributed by atoms with E-state index in [4.69, 9.17) is 14.4 Å². The zero-order chi connectivity index (χ0) is 13.0. The van der Waals surface area contributed by atoms with Gasteiger partial charge in [0, 0.05) is 19.2 Å². The first-order valence-electron chi connectivity index (χ1n) is 6.15. The number of carbonyl (C=O) groups excluding carboxylic acids is 1. The molecule has 2 rings (SSSR count). The number of nitrogens with zero attached hydrogens (tertiary/aromatic N) is 2. The maximum absolute atomic E-state index is 12.1. The Kier molecular flexibility index (Phi) is 4.33. The van der Waals surface area contributed by atoms with E-state index in [1.165, 1.54) is 0 Å². The molecule has 1 aromatic heterocycles. The van der Waals surface area contributed by atoms with Crippen LogP contribution in [-0.2, 0) is 4.74 Å². The molecule has 0 spiro atoms. The Morgan fingerprint density at radius 3 is 2.89 bits per heavy atom. The zero-order valence-corrected chi connectivity index (χ0v) is 10.5. The molecule has 6 heteroatoms. The van der Waals surface area contributed by atoms with E-state index in [-0.39, 0.29) is 18.6 Å². The van der Waals surface area contributed by atoms with Crippen LogP contribution in [0.15, 0.2) is 10.6 Å². The third-order valence-electron chi connectivity index (χ3n) is 3.02. The van der Waals surface area contributed by atoms with Crippen LogP contribution < -0.4 is 0 Å². The molecule has 0 saturated carbocycles. The summed E-state index contributed by atoms with van der Waals surface area (Å²) in [4.78, 5) is 13.8. The van der Waals surface area contributed by atoms with Crippen LogP contribution in [0.2, 0.25) is 0 Å². The Labute approximate surface area is 106 Å². The van der Waals surface area contributed by atoms with Crippen molar-refractivity contribution in [1.82, 2.24) is 10.1 Å². The molecule has 1 N–H and O–H groups in total. The number of aromatic nitrogens is 1. The minimum atomic E-state index is -0.0903. The molecule has 0 atom stereocenters. The van der Waals surface area contributed by atoms with Gasteiger partial charge in [-0.1, -0.05) is 5.16 Å². The van der Waals surface area contributed by atoms with Crippen LogP contribution in [0.5, 0.6) is 0 Å². The standard InChI is InChI=1S/C12H18N2O4/c1-9-8-11(13-18-9)12(16)14-4-2-10(3-5-14)17-7-6-15/h8,10,15H,2-7H2,1H3. The van der Waals surface area contributed by atoms with Crippen molar-refractivity contribution in [2.45, 2.75) is 25.9 Å². The van der Waals surface area contributed by atoms with Crippen molar-refractivity contribution in [2.75, 3.05) is 26.3 Å². The van der Waals surface area contributed by atoms with Crippen molar-refractivity contribution in [1.29, 1.82) is 0 Å². The Bertz CT molecular complexity index is 397. The molecule has 1 aromatic rings. The van der Waals surface area contributed by atoms with E-state index in [0.29, 0.717) is 31.2 Å². The van der Waals surface area contributed by atoms with Crippen molar-refractivity contribution in [3.63, 3.8) is 0 Å². The van der Waals surface area contributed by atoms with E-state index < -0.39 is 0 Å². The largest absolute Gasteiger partial charge is 0.394 e. The van der Waals surface area contributed by atoms with Gasteiger partial charge >= 0.3 is 0 Å². The number of hydrogen-bond donors (Lipinski definition) is 1. The molecule has 18 heavy (non-hydrogen) atoms. The lowest BCUT2D eigenvalue weighted by Gasteiger charge is -2.31. The summed E-state index contributed by atoms with van der Waals surface area (Å²) in [5.41, 5.74) is 0.363. The maximum atomic E-state index is 12.1. The number of hydrogen-bond acceptors (Lipinski definition) is 5. The lowest BCUT2D eigenvalue weighted by atomic mass is 10.1. The van der Waals surface area contributed by atoms with Gasteiger partial charge in [-0.15, -0.1) is 0 Å². The van der Waals surface area contributed by atoms with Gasteiger partial charge in [-0.05, 0) is 19.8 Å². The second kappa shape index (κ2) is 5.97. The van der Waals surface area contributed by atoms with Crippen LogP contribution in [0, 0.1) is 6.92 Å². The van der Waals surface area contributed by atoms with Crippen molar-refractivity contribution in [3.05, 3.63) is 17.5 Å². The molecule has 2 heterocycles. The lowest BCUT2D eigenvalue weighted by molar-refractivity contribution is -0.00571. The highest BCUT2D eigenvalue weighted by atomic mass is 16.5. The summed E-state index contributed by atoms with van der Waals surface area (Å²) < 4.78 is 10.3. The number of aliphatic hydroxyl groups excluding tert-OH is 1. The van der Waals surface area contributed by atoms with Gasteiger partial charge in [0.2, 0.25) is 0 Å². The minimum Gasteiger partial charge on any atom is -0.394 e. The third kappa shape index (κ3) is 3.08. The number of ether oxygens (including phenoxy) is 1. The van der Waals surface area contributed by atoms with Gasteiger partial charge in [0.25, 0.3) is 5.91 Å². The number of piperidine rings is 1. The van der Waals surface area contributed by atoms with E-state index >= 15 is 0 Å². The molecule has 1 amide bonds. The van der Waals surface area contributed by atoms with Crippen LogP contribution in [0.3, 0.4) is 0 Å². The number of aliphatic hydroxyl groups is 1. The van der Waals surface area contributed by atoms with E-state index in [0.717, 1.165) is 12.8 Å².